The number of hydrogen-bond donors (Lipinski definition) is 0. The molecule has 9 heteroatoms. The van der Waals surface area contributed by atoms with E-state index in [2.05, 4.69) is 23.1 Å². The van der Waals surface area contributed by atoms with Gasteiger partial charge in [0.15, 0.2) is 5.65 Å². The fraction of sp³-hybridized carbons (Fsp3) is 0.344. The van der Waals surface area contributed by atoms with Crippen LogP contribution in [-0.4, -0.2) is 57.2 Å². The fourth-order valence-corrected chi connectivity index (χ4v) is 5.74. The molecule has 0 aliphatic carbocycles. The van der Waals surface area contributed by atoms with Gasteiger partial charge in [-0.05, 0) is 37.0 Å². The number of hydrogen-bond acceptors (Lipinski definition) is 6. The van der Waals surface area contributed by atoms with Crippen LogP contribution in [0, 0.1) is 17.7 Å². The Morgan fingerprint density at radius 2 is 1.90 bits per heavy atom. The molecule has 0 N–H and O–H groups in total. The molecule has 1 fully saturated rings. The molecule has 1 unspecified atom stereocenters. The van der Waals surface area contributed by atoms with Gasteiger partial charge in [0.05, 0.1) is 16.8 Å². The van der Waals surface area contributed by atoms with Crippen LogP contribution in [0.5, 0.6) is 0 Å². The van der Waals surface area contributed by atoms with Gasteiger partial charge >= 0.3 is 5.69 Å². The van der Waals surface area contributed by atoms with Crippen LogP contribution < -0.4 is 10.6 Å². The van der Waals surface area contributed by atoms with Crippen molar-refractivity contribution in [3.63, 3.8) is 0 Å². The minimum atomic E-state index is -0.527. The van der Waals surface area contributed by atoms with Crippen molar-refractivity contribution in [2.45, 2.75) is 40.2 Å². The highest BCUT2D eigenvalue weighted by molar-refractivity contribution is 5.92. The monoisotopic (exact) mass is 554 g/mol. The van der Waals surface area contributed by atoms with E-state index in [4.69, 9.17) is 4.98 Å². The lowest BCUT2D eigenvalue weighted by atomic mass is 9.95. The number of anilines is 1. The molecule has 8 nitrogen and oxygen atoms in total. The van der Waals surface area contributed by atoms with Gasteiger partial charge in [-0.1, -0.05) is 64.3 Å². The van der Waals surface area contributed by atoms with Gasteiger partial charge in [0.25, 0.3) is 0 Å². The SMILES string of the molecule is C=CC(=O)N1CCN(c2nc(=O)n(C3=C(C(C)C)N=CCC3C)c3nc(-c4ccccc4C=C)c(F)cc23)[C@@H](C)C1. The van der Waals surface area contributed by atoms with Gasteiger partial charge in [-0.15, -0.1) is 0 Å². The number of allylic oxidation sites excluding steroid dienone is 2. The predicted molar refractivity (Wildman–Crippen MR) is 163 cm³/mol. The van der Waals surface area contributed by atoms with Crippen molar-refractivity contribution in [3.05, 3.63) is 77.1 Å². The highest BCUT2D eigenvalue weighted by Crippen LogP contribution is 2.36. The molecule has 5 rings (SSSR count). The molecule has 1 amide bonds. The third-order valence-electron chi connectivity index (χ3n) is 7.83. The summed E-state index contributed by atoms with van der Waals surface area (Å²) in [5, 5.41) is 0.426. The topological polar surface area (TPSA) is 83.7 Å². The van der Waals surface area contributed by atoms with Crippen molar-refractivity contribution in [1.82, 2.24) is 19.4 Å². The average Bonchev–Trinajstić information content (AvgIpc) is 2.96. The molecule has 41 heavy (non-hydrogen) atoms. The van der Waals surface area contributed by atoms with Crippen molar-refractivity contribution in [2.24, 2.45) is 16.8 Å². The molecule has 2 atom stereocenters. The van der Waals surface area contributed by atoms with Crippen molar-refractivity contribution in [1.29, 1.82) is 0 Å². The number of fused-ring (bicyclic) bond motifs is 1. The smallest absolute Gasteiger partial charge is 0.350 e. The molecule has 3 aromatic rings. The molecule has 2 aromatic heterocycles. The van der Waals surface area contributed by atoms with Crippen LogP contribution in [0.4, 0.5) is 10.2 Å². The first kappa shape index (κ1) is 28.1. The lowest BCUT2D eigenvalue weighted by Gasteiger charge is -2.40. The molecule has 0 bridgehead atoms. The molecule has 0 spiro atoms. The van der Waals surface area contributed by atoms with Gasteiger partial charge in [-0.2, -0.15) is 4.98 Å². The number of aromatic nitrogens is 3. The number of benzene rings is 1. The number of carbonyl (C=O) groups excluding carboxylic acids is 1. The van der Waals surface area contributed by atoms with Crippen LogP contribution in [0.25, 0.3) is 34.1 Å². The Kier molecular flexibility index (Phi) is 7.71. The zero-order chi connectivity index (χ0) is 29.4. The summed E-state index contributed by atoms with van der Waals surface area (Å²) in [6.07, 6.45) is 5.50. The number of amides is 1. The molecule has 2 aliphatic heterocycles. The Balaban J connectivity index is 1.81. The zero-order valence-corrected chi connectivity index (χ0v) is 24.0. The van der Waals surface area contributed by atoms with E-state index in [0.717, 1.165) is 17.0 Å². The van der Waals surface area contributed by atoms with Crippen molar-refractivity contribution < 1.29 is 9.18 Å². The Morgan fingerprint density at radius 3 is 2.59 bits per heavy atom. The normalized spacial score (nSPS) is 19.3. The summed E-state index contributed by atoms with van der Waals surface area (Å²) >= 11 is 0. The molecule has 1 aromatic carbocycles. The molecular weight excluding hydrogens is 519 g/mol. The van der Waals surface area contributed by atoms with E-state index in [1.807, 2.05) is 57.0 Å². The lowest BCUT2D eigenvalue weighted by molar-refractivity contribution is -0.126. The minimum Gasteiger partial charge on any atom is -0.350 e. The summed E-state index contributed by atoms with van der Waals surface area (Å²) in [5.41, 5.74) is 2.78. The first-order valence-corrected chi connectivity index (χ1v) is 14.0. The maximum Gasteiger partial charge on any atom is 0.355 e. The van der Waals surface area contributed by atoms with Crippen molar-refractivity contribution >= 4 is 40.7 Å². The summed E-state index contributed by atoms with van der Waals surface area (Å²) in [6, 6.07) is 8.58. The van der Waals surface area contributed by atoms with E-state index < -0.39 is 11.5 Å². The summed E-state index contributed by atoms with van der Waals surface area (Å²) in [7, 11) is 0. The molecule has 4 heterocycles. The summed E-state index contributed by atoms with van der Waals surface area (Å²) < 4.78 is 17.5. The largest absolute Gasteiger partial charge is 0.355 e. The second kappa shape index (κ2) is 11.2. The number of pyridine rings is 1. The molecule has 0 radical (unpaired) electrons. The Bertz CT molecular complexity index is 1670. The van der Waals surface area contributed by atoms with Gasteiger partial charge in [0.2, 0.25) is 5.91 Å². The lowest BCUT2D eigenvalue weighted by Crippen LogP contribution is -2.54. The van der Waals surface area contributed by atoms with Crippen LogP contribution in [0.15, 0.2) is 65.0 Å². The average molecular weight is 555 g/mol. The maximum absolute atomic E-state index is 16.0. The number of carbonyl (C=O) groups is 1. The maximum atomic E-state index is 16.0. The number of aliphatic imine (C=N–C) groups is 1. The molecular formula is C32H35FN6O2. The van der Waals surface area contributed by atoms with Gasteiger partial charge in [-0.25, -0.2) is 18.7 Å². The molecule has 212 valence electrons. The highest BCUT2D eigenvalue weighted by Gasteiger charge is 2.31. The van der Waals surface area contributed by atoms with Crippen LogP contribution in [0.1, 0.15) is 39.7 Å². The molecule has 1 saturated heterocycles. The summed E-state index contributed by atoms with van der Waals surface area (Å²) in [6.45, 7) is 16.8. The van der Waals surface area contributed by atoms with E-state index in [9.17, 15) is 9.59 Å². The third-order valence-corrected chi connectivity index (χ3v) is 7.83. The highest BCUT2D eigenvalue weighted by atomic mass is 19.1. The fourth-order valence-electron chi connectivity index (χ4n) is 5.74. The Hall–Kier alpha value is -4.40. The number of piperazine rings is 1. The number of rotatable bonds is 6. The Morgan fingerprint density at radius 1 is 1.15 bits per heavy atom. The number of halogens is 1. The molecule has 0 saturated carbocycles. The second-order valence-electron chi connectivity index (χ2n) is 10.9. The van der Waals surface area contributed by atoms with Gasteiger partial charge in [-0.3, -0.25) is 9.79 Å². The van der Waals surface area contributed by atoms with Crippen LogP contribution in [0.2, 0.25) is 0 Å². The zero-order valence-electron chi connectivity index (χ0n) is 24.0. The first-order valence-electron chi connectivity index (χ1n) is 14.0. The van der Waals surface area contributed by atoms with Gasteiger partial charge in [0.1, 0.15) is 17.3 Å². The van der Waals surface area contributed by atoms with Crippen LogP contribution in [-0.2, 0) is 4.79 Å². The third kappa shape index (κ3) is 5.01. The van der Waals surface area contributed by atoms with E-state index in [1.165, 1.54) is 16.7 Å². The second-order valence-corrected chi connectivity index (χ2v) is 10.9. The minimum absolute atomic E-state index is 0.0263. The van der Waals surface area contributed by atoms with Gasteiger partial charge in [0, 0.05) is 43.4 Å². The van der Waals surface area contributed by atoms with Crippen LogP contribution >= 0.6 is 0 Å². The predicted octanol–water partition coefficient (Wildman–Crippen LogP) is 5.40. The first-order chi connectivity index (χ1) is 19.7. The van der Waals surface area contributed by atoms with E-state index in [0.29, 0.717) is 48.5 Å². The van der Waals surface area contributed by atoms with Crippen molar-refractivity contribution in [3.8, 4) is 11.3 Å². The number of nitrogens with zero attached hydrogens (tertiary/aromatic N) is 6. The van der Waals surface area contributed by atoms with Gasteiger partial charge < -0.3 is 9.80 Å². The van der Waals surface area contributed by atoms with E-state index in [1.54, 1.807) is 17.0 Å². The summed E-state index contributed by atoms with van der Waals surface area (Å²) in [5.74, 6) is -0.305. The van der Waals surface area contributed by atoms with Crippen molar-refractivity contribution in [2.75, 3.05) is 24.5 Å². The summed E-state index contributed by atoms with van der Waals surface area (Å²) in [4.78, 5) is 44.0. The van der Waals surface area contributed by atoms with E-state index >= 15 is 4.39 Å². The Labute approximate surface area is 239 Å². The standard InChI is InChI=1S/C32H35FN6O2/c1-7-22-11-9-10-12-23(22)28-25(33)17-24-30(38-16-15-37(18-21(38)6)26(40)8-2)36-32(41)39(31(24)35-28)29-20(5)13-14-34-27(29)19(3)4/h7-12,14,17,19-21H,1-2,13,15-16,18H2,3-6H3/t20?,21-/m0/s1. The van der Waals surface area contributed by atoms with Crippen LogP contribution in [0.3, 0.4) is 0 Å². The quantitative estimate of drug-likeness (QED) is 0.381. The van der Waals surface area contributed by atoms with E-state index in [-0.39, 0.29) is 29.5 Å². The molecule has 2 aliphatic rings.